The standard InChI is InChI=1S/C17H27NO3/c1-17(2,9-15(20)21)8-14(19)18-16-12-4-10-3-11(6-12)7-13(16)5-10/h10-13,16H,3-9H2,1-2H3,(H,18,19)(H,20,21). The van der Waals surface area contributed by atoms with Crippen molar-refractivity contribution in [1.29, 1.82) is 0 Å². The third-order valence-electron chi connectivity index (χ3n) is 5.82. The monoisotopic (exact) mass is 293 g/mol. The molecule has 0 heterocycles. The molecule has 0 aliphatic heterocycles. The van der Waals surface area contributed by atoms with Crippen LogP contribution in [-0.4, -0.2) is 23.0 Å². The number of carbonyl (C=O) groups is 2. The summed E-state index contributed by atoms with van der Waals surface area (Å²) in [7, 11) is 0. The predicted octanol–water partition coefficient (Wildman–Crippen LogP) is 2.82. The fourth-order valence-electron chi connectivity index (χ4n) is 5.30. The van der Waals surface area contributed by atoms with E-state index in [1.54, 1.807) is 0 Å². The van der Waals surface area contributed by atoms with E-state index in [2.05, 4.69) is 5.32 Å². The zero-order chi connectivity index (χ0) is 15.2. The highest BCUT2D eigenvalue weighted by Crippen LogP contribution is 2.53. The molecule has 0 unspecified atom stereocenters. The Morgan fingerprint density at radius 2 is 1.52 bits per heavy atom. The number of hydrogen-bond acceptors (Lipinski definition) is 2. The Balaban J connectivity index is 1.57. The summed E-state index contributed by atoms with van der Waals surface area (Å²) in [5, 5.41) is 12.2. The van der Waals surface area contributed by atoms with E-state index in [4.69, 9.17) is 5.11 Å². The summed E-state index contributed by atoms with van der Waals surface area (Å²) in [6, 6.07) is 0.353. The van der Waals surface area contributed by atoms with Crippen LogP contribution in [0.1, 0.15) is 58.8 Å². The third kappa shape index (κ3) is 3.24. The van der Waals surface area contributed by atoms with Crippen molar-refractivity contribution in [3.63, 3.8) is 0 Å². The third-order valence-corrected chi connectivity index (χ3v) is 5.82. The van der Waals surface area contributed by atoms with Gasteiger partial charge < -0.3 is 10.4 Å². The number of amides is 1. The lowest BCUT2D eigenvalue weighted by Gasteiger charge is -2.54. The van der Waals surface area contributed by atoms with Crippen molar-refractivity contribution >= 4 is 11.9 Å². The summed E-state index contributed by atoms with van der Waals surface area (Å²) in [5.41, 5.74) is -0.470. The van der Waals surface area contributed by atoms with Gasteiger partial charge in [0.25, 0.3) is 0 Å². The summed E-state index contributed by atoms with van der Waals surface area (Å²) >= 11 is 0. The number of aliphatic carboxylic acids is 1. The first-order chi connectivity index (χ1) is 9.82. The second-order valence-electron chi connectivity index (χ2n) is 8.44. The number of nitrogens with one attached hydrogen (secondary N) is 1. The molecule has 4 heteroatoms. The van der Waals surface area contributed by atoms with Crippen LogP contribution in [0.5, 0.6) is 0 Å². The Labute approximate surface area is 126 Å². The van der Waals surface area contributed by atoms with Gasteiger partial charge in [0.1, 0.15) is 0 Å². The van der Waals surface area contributed by atoms with Gasteiger partial charge in [0.15, 0.2) is 0 Å². The van der Waals surface area contributed by atoms with E-state index >= 15 is 0 Å². The van der Waals surface area contributed by atoms with Crippen LogP contribution in [0.3, 0.4) is 0 Å². The van der Waals surface area contributed by atoms with Crippen LogP contribution in [-0.2, 0) is 9.59 Å². The van der Waals surface area contributed by atoms with Gasteiger partial charge >= 0.3 is 5.97 Å². The second-order valence-corrected chi connectivity index (χ2v) is 8.44. The van der Waals surface area contributed by atoms with Crippen molar-refractivity contribution in [2.45, 2.75) is 64.8 Å². The molecule has 1 amide bonds. The molecule has 4 aliphatic carbocycles. The molecule has 0 aromatic heterocycles. The van der Waals surface area contributed by atoms with Crippen molar-refractivity contribution in [1.82, 2.24) is 5.32 Å². The number of hydrogen-bond donors (Lipinski definition) is 2. The zero-order valence-corrected chi connectivity index (χ0v) is 13.1. The summed E-state index contributed by atoms with van der Waals surface area (Å²) in [6.45, 7) is 3.72. The van der Waals surface area contributed by atoms with E-state index in [9.17, 15) is 9.59 Å². The van der Waals surface area contributed by atoms with Crippen LogP contribution in [0.4, 0.5) is 0 Å². The van der Waals surface area contributed by atoms with E-state index in [-0.39, 0.29) is 12.3 Å². The van der Waals surface area contributed by atoms with Gasteiger partial charge in [-0.3, -0.25) is 9.59 Å². The first-order valence-corrected chi connectivity index (χ1v) is 8.33. The molecule has 4 saturated carbocycles. The minimum atomic E-state index is -0.831. The largest absolute Gasteiger partial charge is 0.481 e. The van der Waals surface area contributed by atoms with E-state index in [0.717, 1.165) is 11.8 Å². The summed E-state index contributed by atoms with van der Waals surface area (Å²) in [6.07, 6.45) is 6.92. The van der Waals surface area contributed by atoms with Crippen molar-refractivity contribution in [3.8, 4) is 0 Å². The number of rotatable bonds is 5. The molecule has 0 aromatic carbocycles. The highest BCUT2D eigenvalue weighted by atomic mass is 16.4. The van der Waals surface area contributed by atoms with Crippen molar-refractivity contribution in [2.75, 3.05) is 0 Å². The Morgan fingerprint density at radius 3 is 2.00 bits per heavy atom. The smallest absolute Gasteiger partial charge is 0.303 e. The van der Waals surface area contributed by atoms with Crippen molar-refractivity contribution < 1.29 is 14.7 Å². The molecular formula is C17H27NO3. The first kappa shape index (κ1) is 14.9. The molecule has 0 spiro atoms. The fourth-order valence-corrected chi connectivity index (χ4v) is 5.30. The molecule has 21 heavy (non-hydrogen) atoms. The first-order valence-electron chi connectivity index (χ1n) is 8.33. The molecule has 0 radical (unpaired) electrons. The molecule has 118 valence electrons. The maximum absolute atomic E-state index is 12.3. The zero-order valence-electron chi connectivity index (χ0n) is 13.1. The molecule has 0 saturated heterocycles. The van der Waals surface area contributed by atoms with Gasteiger partial charge in [0.2, 0.25) is 5.91 Å². The number of carboxylic acid groups (broad SMARTS) is 1. The molecule has 0 aromatic rings. The minimum absolute atomic E-state index is 0.0405. The van der Waals surface area contributed by atoms with Gasteiger partial charge in [-0.15, -0.1) is 0 Å². The lowest BCUT2D eigenvalue weighted by molar-refractivity contribution is -0.139. The van der Waals surface area contributed by atoms with Crippen LogP contribution in [0, 0.1) is 29.1 Å². The number of carbonyl (C=O) groups excluding carboxylic acids is 1. The van der Waals surface area contributed by atoms with Crippen LogP contribution in [0.25, 0.3) is 0 Å². The van der Waals surface area contributed by atoms with E-state index in [1.165, 1.54) is 32.1 Å². The van der Waals surface area contributed by atoms with Gasteiger partial charge in [-0.2, -0.15) is 0 Å². The quantitative estimate of drug-likeness (QED) is 0.819. The highest BCUT2D eigenvalue weighted by Gasteiger charge is 2.48. The summed E-state index contributed by atoms with van der Waals surface area (Å²) in [5.74, 6) is 2.37. The highest BCUT2D eigenvalue weighted by molar-refractivity contribution is 5.78. The van der Waals surface area contributed by atoms with Crippen LogP contribution >= 0.6 is 0 Å². The Hall–Kier alpha value is -1.06. The molecule has 2 N–H and O–H groups in total. The Kier molecular flexibility index (Phi) is 3.74. The molecule has 4 bridgehead atoms. The van der Waals surface area contributed by atoms with Gasteiger partial charge in [-0.1, -0.05) is 13.8 Å². The van der Waals surface area contributed by atoms with E-state index in [0.29, 0.717) is 24.3 Å². The maximum atomic E-state index is 12.3. The number of carboxylic acids is 1. The minimum Gasteiger partial charge on any atom is -0.481 e. The SMILES string of the molecule is CC(C)(CC(=O)O)CC(=O)NC1C2CC3CC(C2)CC1C3. The predicted molar refractivity (Wildman–Crippen MR) is 79.6 cm³/mol. The average Bonchev–Trinajstić information content (AvgIpc) is 2.30. The van der Waals surface area contributed by atoms with Crippen LogP contribution in [0.2, 0.25) is 0 Å². The molecule has 4 fully saturated rings. The fraction of sp³-hybridized carbons (Fsp3) is 0.882. The van der Waals surface area contributed by atoms with Crippen molar-refractivity contribution in [3.05, 3.63) is 0 Å². The van der Waals surface area contributed by atoms with Crippen LogP contribution < -0.4 is 5.32 Å². The van der Waals surface area contributed by atoms with Crippen LogP contribution in [0.15, 0.2) is 0 Å². The van der Waals surface area contributed by atoms with Gasteiger partial charge in [0.05, 0.1) is 6.42 Å². The van der Waals surface area contributed by atoms with Gasteiger partial charge in [-0.05, 0) is 61.2 Å². The molecule has 0 atom stereocenters. The molecule has 4 rings (SSSR count). The van der Waals surface area contributed by atoms with Crippen molar-refractivity contribution in [2.24, 2.45) is 29.1 Å². The van der Waals surface area contributed by atoms with Gasteiger partial charge in [0, 0.05) is 12.5 Å². The average molecular weight is 293 g/mol. The Morgan fingerprint density at radius 1 is 1.00 bits per heavy atom. The van der Waals surface area contributed by atoms with E-state index < -0.39 is 11.4 Å². The van der Waals surface area contributed by atoms with E-state index in [1.807, 2.05) is 13.8 Å². The molecule has 4 aliphatic rings. The Bertz CT molecular complexity index is 415. The normalized spacial score (nSPS) is 37.5. The molecular weight excluding hydrogens is 266 g/mol. The second kappa shape index (κ2) is 5.29. The summed E-state index contributed by atoms with van der Waals surface area (Å²) in [4.78, 5) is 23.2. The molecule has 4 nitrogen and oxygen atoms in total. The maximum Gasteiger partial charge on any atom is 0.303 e. The lowest BCUT2D eigenvalue weighted by atomic mass is 9.54. The van der Waals surface area contributed by atoms with Gasteiger partial charge in [-0.25, -0.2) is 0 Å². The topological polar surface area (TPSA) is 66.4 Å². The summed E-state index contributed by atoms with van der Waals surface area (Å²) < 4.78 is 0. The lowest BCUT2D eigenvalue weighted by Crippen LogP contribution is -2.56.